The van der Waals surface area contributed by atoms with Crippen molar-refractivity contribution in [1.82, 2.24) is 20.4 Å². The van der Waals surface area contributed by atoms with Crippen molar-refractivity contribution in [3.63, 3.8) is 0 Å². The van der Waals surface area contributed by atoms with E-state index in [1.165, 1.54) is 0 Å². The lowest BCUT2D eigenvalue weighted by atomic mass is 9.97. The van der Waals surface area contributed by atoms with Crippen molar-refractivity contribution in [3.8, 4) is 0 Å². The van der Waals surface area contributed by atoms with Crippen LogP contribution in [0.3, 0.4) is 0 Å². The van der Waals surface area contributed by atoms with E-state index in [1.807, 2.05) is 31.2 Å². The number of carbonyl (C=O) groups is 3. The highest BCUT2D eigenvalue weighted by Crippen LogP contribution is 2.22. The summed E-state index contributed by atoms with van der Waals surface area (Å²) in [4.78, 5) is 39.8. The summed E-state index contributed by atoms with van der Waals surface area (Å²) in [6.45, 7) is 3.30. The minimum atomic E-state index is -0.467. The SMILES string of the molecule is Cc1ccccc1CNC(=O)[C@@H]1CCCN(C(=O)c2nnc(C(=O)Nc3cccc(Cl)c3)s2)C1. The molecule has 2 N–H and O–H groups in total. The largest absolute Gasteiger partial charge is 0.352 e. The van der Waals surface area contributed by atoms with Crippen LogP contribution in [0, 0.1) is 12.8 Å². The molecular formula is C24H24ClN5O3S. The maximum atomic E-state index is 13.0. The highest BCUT2D eigenvalue weighted by atomic mass is 35.5. The Labute approximate surface area is 206 Å². The summed E-state index contributed by atoms with van der Waals surface area (Å²) in [5, 5.41) is 14.2. The highest BCUT2D eigenvalue weighted by Gasteiger charge is 2.31. The van der Waals surface area contributed by atoms with Crippen LogP contribution in [0.25, 0.3) is 0 Å². The molecule has 2 aromatic carbocycles. The van der Waals surface area contributed by atoms with Gasteiger partial charge in [0, 0.05) is 30.3 Å². The molecule has 3 aromatic rings. The monoisotopic (exact) mass is 497 g/mol. The number of amides is 3. The Balaban J connectivity index is 1.34. The van der Waals surface area contributed by atoms with Crippen molar-refractivity contribution in [2.45, 2.75) is 26.3 Å². The summed E-state index contributed by atoms with van der Waals surface area (Å²) in [5.74, 6) is -1.15. The summed E-state index contributed by atoms with van der Waals surface area (Å²) < 4.78 is 0. The molecule has 10 heteroatoms. The molecule has 0 aliphatic carbocycles. The Morgan fingerprint density at radius 3 is 2.71 bits per heavy atom. The second kappa shape index (κ2) is 10.8. The first-order chi connectivity index (χ1) is 16.4. The Morgan fingerprint density at radius 1 is 1.12 bits per heavy atom. The number of aromatic nitrogens is 2. The molecular weight excluding hydrogens is 474 g/mol. The molecule has 1 atom stereocenters. The van der Waals surface area contributed by atoms with Crippen LogP contribution in [0.1, 0.15) is 43.6 Å². The van der Waals surface area contributed by atoms with Gasteiger partial charge in [0.05, 0.1) is 5.92 Å². The Hall–Kier alpha value is -3.30. The third-order valence-corrected chi connectivity index (χ3v) is 6.82. The first-order valence-corrected chi connectivity index (χ1v) is 12.1. The number of anilines is 1. The zero-order valence-electron chi connectivity index (χ0n) is 18.6. The minimum absolute atomic E-state index is 0.0698. The zero-order chi connectivity index (χ0) is 24.1. The van der Waals surface area contributed by atoms with E-state index in [1.54, 1.807) is 29.2 Å². The number of carbonyl (C=O) groups excluding carboxylic acids is 3. The van der Waals surface area contributed by atoms with E-state index in [0.717, 1.165) is 28.9 Å². The molecule has 0 unspecified atom stereocenters. The fourth-order valence-corrected chi connectivity index (χ4v) is 4.70. The summed E-state index contributed by atoms with van der Waals surface area (Å²) in [6.07, 6.45) is 1.43. The van der Waals surface area contributed by atoms with Crippen molar-refractivity contribution in [3.05, 3.63) is 74.7 Å². The lowest BCUT2D eigenvalue weighted by Crippen LogP contribution is -2.45. The number of piperidine rings is 1. The maximum absolute atomic E-state index is 13.0. The van der Waals surface area contributed by atoms with Gasteiger partial charge in [-0.2, -0.15) is 0 Å². The Bertz CT molecular complexity index is 1210. The van der Waals surface area contributed by atoms with Crippen LogP contribution in [0.4, 0.5) is 5.69 Å². The van der Waals surface area contributed by atoms with Crippen LogP contribution in [-0.4, -0.2) is 45.9 Å². The summed E-state index contributed by atoms with van der Waals surface area (Å²) in [6, 6.07) is 14.6. The lowest BCUT2D eigenvalue weighted by molar-refractivity contribution is -0.126. The molecule has 1 aliphatic heterocycles. The molecule has 1 fully saturated rings. The molecule has 1 aromatic heterocycles. The molecule has 0 bridgehead atoms. The zero-order valence-corrected chi connectivity index (χ0v) is 20.2. The number of hydrogen-bond acceptors (Lipinski definition) is 6. The molecule has 1 saturated heterocycles. The van der Waals surface area contributed by atoms with Gasteiger partial charge in [-0.3, -0.25) is 14.4 Å². The number of aryl methyl sites for hydroxylation is 1. The highest BCUT2D eigenvalue weighted by molar-refractivity contribution is 7.15. The van der Waals surface area contributed by atoms with Crippen LogP contribution in [0.5, 0.6) is 0 Å². The van der Waals surface area contributed by atoms with Crippen molar-refractivity contribution in [1.29, 1.82) is 0 Å². The first-order valence-electron chi connectivity index (χ1n) is 10.9. The van der Waals surface area contributed by atoms with Crippen molar-refractivity contribution < 1.29 is 14.4 Å². The third kappa shape index (κ3) is 5.78. The second-order valence-electron chi connectivity index (χ2n) is 8.11. The summed E-state index contributed by atoms with van der Waals surface area (Å²) >= 11 is 6.87. The lowest BCUT2D eigenvalue weighted by Gasteiger charge is -2.31. The van der Waals surface area contributed by atoms with E-state index in [-0.39, 0.29) is 27.7 Å². The van der Waals surface area contributed by atoms with E-state index >= 15 is 0 Å². The molecule has 0 spiro atoms. The molecule has 0 saturated carbocycles. The van der Waals surface area contributed by atoms with Crippen molar-refractivity contribution in [2.24, 2.45) is 5.92 Å². The minimum Gasteiger partial charge on any atom is -0.352 e. The van der Waals surface area contributed by atoms with E-state index in [2.05, 4.69) is 20.8 Å². The van der Waals surface area contributed by atoms with Gasteiger partial charge in [-0.1, -0.05) is 53.3 Å². The second-order valence-corrected chi connectivity index (χ2v) is 9.53. The first kappa shape index (κ1) is 23.8. The average molecular weight is 498 g/mol. The van der Waals surface area contributed by atoms with Crippen LogP contribution in [-0.2, 0) is 11.3 Å². The van der Waals surface area contributed by atoms with Gasteiger partial charge in [0.1, 0.15) is 0 Å². The van der Waals surface area contributed by atoms with Gasteiger partial charge in [0.2, 0.25) is 15.9 Å². The number of nitrogens with one attached hydrogen (secondary N) is 2. The van der Waals surface area contributed by atoms with Crippen LogP contribution >= 0.6 is 22.9 Å². The van der Waals surface area contributed by atoms with Crippen LogP contribution < -0.4 is 10.6 Å². The Kier molecular flexibility index (Phi) is 7.54. The van der Waals surface area contributed by atoms with Gasteiger partial charge in [-0.25, -0.2) is 0 Å². The number of hydrogen-bond donors (Lipinski definition) is 2. The molecule has 3 amide bonds. The third-order valence-electron chi connectivity index (χ3n) is 5.68. The smallest absolute Gasteiger partial charge is 0.286 e. The standard InChI is InChI=1S/C24H24ClN5O3S/c1-15-6-2-3-7-16(15)13-26-20(31)17-8-5-11-30(14-17)24(33)23-29-28-22(34-23)21(32)27-19-10-4-9-18(25)12-19/h2-4,6-7,9-10,12,17H,5,8,11,13-14H2,1H3,(H,26,31)(H,27,32)/t17-/m1/s1. The van der Waals surface area contributed by atoms with Crippen LogP contribution in [0.2, 0.25) is 5.02 Å². The van der Waals surface area contributed by atoms with Crippen molar-refractivity contribution >= 4 is 46.3 Å². The fraction of sp³-hybridized carbons (Fsp3) is 0.292. The quantitative estimate of drug-likeness (QED) is 0.537. The molecule has 2 heterocycles. The summed E-state index contributed by atoms with van der Waals surface area (Å²) in [5.41, 5.74) is 2.71. The number of nitrogens with zero attached hydrogens (tertiary/aromatic N) is 3. The molecule has 0 radical (unpaired) electrons. The Morgan fingerprint density at radius 2 is 1.91 bits per heavy atom. The number of rotatable bonds is 6. The van der Waals surface area contributed by atoms with Crippen LogP contribution in [0.15, 0.2) is 48.5 Å². The molecule has 1 aliphatic rings. The number of benzene rings is 2. The number of halogens is 1. The predicted octanol–water partition coefficient (Wildman–Crippen LogP) is 3.92. The van der Waals surface area contributed by atoms with E-state index < -0.39 is 5.91 Å². The topological polar surface area (TPSA) is 104 Å². The molecule has 4 rings (SSSR count). The molecule has 8 nitrogen and oxygen atoms in total. The van der Waals surface area contributed by atoms with E-state index in [0.29, 0.717) is 36.8 Å². The van der Waals surface area contributed by atoms with Gasteiger partial charge < -0.3 is 15.5 Å². The number of likely N-dealkylation sites (tertiary alicyclic amines) is 1. The normalized spacial score (nSPS) is 15.6. The van der Waals surface area contributed by atoms with E-state index in [4.69, 9.17) is 11.6 Å². The van der Waals surface area contributed by atoms with Crippen molar-refractivity contribution in [2.75, 3.05) is 18.4 Å². The molecule has 34 heavy (non-hydrogen) atoms. The van der Waals surface area contributed by atoms with Gasteiger partial charge in [-0.15, -0.1) is 10.2 Å². The average Bonchev–Trinajstić information content (AvgIpc) is 3.33. The van der Waals surface area contributed by atoms with Gasteiger partial charge >= 0.3 is 0 Å². The molecule has 176 valence electrons. The predicted molar refractivity (Wildman–Crippen MR) is 131 cm³/mol. The fourth-order valence-electron chi connectivity index (χ4n) is 3.80. The van der Waals surface area contributed by atoms with Gasteiger partial charge in [0.25, 0.3) is 11.8 Å². The van der Waals surface area contributed by atoms with E-state index in [9.17, 15) is 14.4 Å². The van der Waals surface area contributed by atoms with Gasteiger partial charge in [0.15, 0.2) is 0 Å². The maximum Gasteiger partial charge on any atom is 0.286 e. The van der Waals surface area contributed by atoms with Gasteiger partial charge in [-0.05, 0) is 49.1 Å². The summed E-state index contributed by atoms with van der Waals surface area (Å²) in [7, 11) is 0.